The third-order valence-corrected chi connectivity index (χ3v) is 1.86. The van der Waals surface area contributed by atoms with Gasteiger partial charge in [0, 0.05) is 6.42 Å². The van der Waals surface area contributed by atoms with E-state index in [0.29, 0.717) is 13.0 Å². The van der Waals surface area contributed by atoms with E-state index in [1.165, 1.54) is 12.8 Å². The molecule has 0 bridgehead atoms. The number of allylic oxidation sites excluding steroid dienone is 2. The summed E-state index contributed by atoms with van der Waals surface area (Å²) in [6.45, 7) is 2.34. The lowest BCUT2D eigenvalue weighted by atomic mass is 10.2. The Hall–Kier alpha value is -0.790. The summed E-state index contributed by atoms with van der Waals surface area (Å²) in [6.07, 6.45) is 7.34. The highest BCUT2D eigenvalue weighted by Crippen LogP contribution is 2.28. The largest absolute Gasteiger partial charge is 0.466 e. The summed E-state index contributed by atoms with van der Waals surface area (Å²) in [5.41, 5.74) is 1.55. The molecule has 1 fully saturated rings. The molecule has 0 aliphatic heterocycles. The van der Waals surface area contributed by atoms with E-state index in [4.69, 9.17) is 4.74 Å². The number of ether oxygens (including phenoxy) is 1. The lowest BCUT2D eigenvalue weighted by Crippen LogP contribution is -2.02. The quantitative estimate of drug-likeness (QED) is 0.358. The number of hydrogen-bond donors (Lipinski definition) is 0. The molecule has 0 heterocycles. The molecule has 1 rings (SSSR count). The number of esters is 1. The number of rotatable bonds is 5. The molecule has 0 aromatic carbocycles. The summed E-state index contributed by atoms with van der Waals surface area (Å²) >= 11 is 0. The minimum Gasteiger partial charge on any atom is -0.466 e. The van der Waals surface area contributed by atoms with Gasteiger partial charge in [0.2, 0.25) is 0 Å². The number of carbonyl (C=O) groups is 1. The van der Waals surface area contributed by atoms with Gasteiger partial charge in [-0.15, -0.1) is 0 Å². The number of hydrogen-bond acceptors (Lipinski definition) is 2. The molecule has 0 atom stereocenters. The molecule has 0 aromatic rings. The molecule has 1 aliphatic rings. The zero-order valence-corrected chi connectivity index (χ0v) is 7.64. The zero-order valence-electron chi connectivity index (χ0n) is 7.64. The minimum absolute atomic E-state index is 0.0632. The van der Waals surface area contributed by atoms with Crippen molar-refractivity contribution in [1.82, 2.24) is 0 Å². The Labute approximate surface area is 73.6 Å². The van der Waals surface area contributed by atoms with Crippen molar-refractivity contribution >= 4 is 5.97 Å². The maximum atomic E-state index is 10.9. The van der Waals surface area contributed by atoms with Crippen molar-refractivity contribution < 1.29 is 9.53 Å². The van der Waals surface area contributed by atoms with E-state index in [0.717, 1.165) is 12.8 Å². The SMILES string of the molecule is CCOC(=O)CCCC=C1CC1. The first-order valence-corrected chi connectivity index (χ1v) is 4.66. The second-order valence-corrected chi connectivity index (χ2v) is 3.06. The average Bonchev–Trinajstić information content (AvgIpc) is 2.82. The predicted molar refractivity (Wildman–Crippen MR) is 47.8 cm³/mol. The summed E-state index contributed by atoms with van der Waals surface area (Å²) < 4.78 is 4.80. The van der Waals surface area contributed by atoms with Gasteiger partial charge in [-0.3, -0.25) is 4.79 Å². The van der Waals surface area contributed by atoms with Crippen LogP contribution in [0.2, 0.25) is 0 Å². The van der Waals surface area contributed by atoms with E-state index < -0.39 is 0 Å². The maximum Gasteiger partial charge on any atom is 0.305 e. The van der Waals surface area contributed by atoms with E-state index >= 15 is 0 Å². The van der Waals surface area contributed by atoms with Crippen molar-refractivity contribution in [2.75, 3.05) is 6.61 Å². The molecule has 12 heavy (non-hydrogen) atoms. The van der Waals surface area contributed by atoms with Crippen molar-refractivity contribution in [3.8, 4) is 0 Å². The summed E-state index contributed by atoms with van der Waals surface area (Å²) in [6, 6.07) is 0. The fourth-order valence-corrected chi connectivity index (χ4v) is 1.06. The van der Waals surface area contributed by atoms with Crippen LogP contribution in [0.3, 0.4) is 0 Å². The molecule has 68 valence electrons. The fourth-order valence-electron chi connectivity index (χ4n) is 1.06. The highest BCUT2D eigenvalue weighted by atomic mass is 16.5. The standard InChI is InChI=1S/C10H16O2/c1-2-12-10(11)6-4-3-5-9-7-8-9/h5H,2-4,6-8H2,1H3. The molecule has 0 N–H and O–H groups in total. The van der Waals surface area contributed by atoms with Crippen LogP contribution in [-0.2, 0) is 9.53 Å². The van der Waals surface area contributed by atoms with E-state index in [9.17, 15) is 4.79 Å². The summed E-state index contributed by atoms with van der Waals surface area (Å²) in [5, 5.41) is 0. The monoisotopic (exact) mass is 168 g/mol. The van der Waals surface area contributed by atoms with Crippen LogP contribution in [0.25, 0.3) is 0 Å². The van der Waals surface area contributed by atoms with Crippen LogP contribution in [-0.4, -0.2) is 12.6 Å². The van der Waals surface area contributed by atoms with Crippen LogP contribution in [0.5, 0.6) is 0 Å². The van der Waals surface area contributed by atoms with Crippen molar-refractivity contribution in [2.45, 2.75) is 39.0 Å². The Morgan fingerprint density at radius 3 is 2.92 bits per heavy atom. The first-order valence-electron chi connectivity index (χ1n) is 4.66. The van der Waals surface area contributed by atoms with Gasteiger partial charge in [0.15, 0.2) is 0 Å². The highest BCUT2D eigenvalue weighted by molar-refractivity contribution is 5.69. The Bertz CT molecular complexity index is 176. The first-order chi connectivity index (χ1) is 5.83. The van der Waals surface area contributed by atoms with Gasteiger partial charge in [0.1, 0.15) is 0 Å². The predicted octanol–water partition coefficient (Wildman–Crippen LogP) is 2.44. The highest BCUT2D eigenvalue weighted by Gasteiger charge is 2.09. The molecule has 0 spiro atoms. The molecule has 0 unspecified atom stereocenters. The third kappa shape index (κ3) is 4.16. The van der Waals surface area contributed by atoms with E-state index in [1.54, 1.807) is 5.57 Å². The smallest absolute Gasteiger partial charge is 0.305 e. The van der Waals surface area contributed by atoms with Crippen molar-refractivity contribution in [2.24, 2.45) is 0 Å². The van der Waals surface area contributed by atoms with Crippen molar-refractivity contribution in [1.29, 1.82) is 0 Å². The Morgan fingerprint density at radius 2 is 2.33 bits per heavy atom. The molecule has 0 aromatic heterocycles. The minimum atomic E-state index is -0.0632. The maximum absolute atomic E-state index is 10.9. The van der Waals surface area contributed by atoms with Crippen LogP contribution >= 0.6 is 0 Å². The Kier molecular flexibility index (Phi) is 3.85. The van der Waals surface area contributed by atoms with Crippen molar-refractivity contribution in [3.05, 3.63) is 11.6 Å². The van der Waals surface area contributed by atoms with Gasteiger partial charge in [0.05, 0.1) is 6.61 Å². The van der Waals surface area contributed by atoms with Crippen LogP contribution in [0.1, 0.15) is 39.0 Å². The Balaban J connectivity index is 1.93. The Morgan fingerprint density at radius 1 is 1.58 bits per heavy atom. The first kappa shape index (κ1) is 9.30. The van der Waals surface area contributed by atoms with E-state index in [1.807, 2.05) is 6.92 Å². The molecule has 1 aliphatic carbocycles. The second-order valence-electron chi connectivity index (χ2n) is 3.06. The summed E-state index contributed by atoms with van der Waals surface area (Å²) in [4.78, 5) is 10.9. The molecule has 2 nitrogen and oxygen atoms in total. The van der Waals surface area contributed by atoms with Crippen molar-refractivity contribution in [3.63, 3.8) is 0 Å². The van der Waals surface area contributed by atoms with E-state index in [-0.39, 0.29) is 5.97 Å². The molecule has 2 heteroatoms. The van der Waals surface area contributed by atoms with Crippen LogP contribution in [0.15, 0.2) is 11.6 Å². The molecule has 0 amide bonds. The van der Waals surface area contributed by atoms with Gasteiger partial charge in [0.25, 0.3) is 0 Å². The van der Waals surface area contributed by atoms with Gasteiger partial charge in [-0.05, 0) is 32.6 Å². The average molecular weight is 168 g/mol. The van der Waals surface area contributed by atoms with Crippen LogP contribution < -0.4 is 0 Å². The topological polar surface area (TPSA) is 26.3 Å². The van der Waals surface area contributed by atoms with Gasteiger partial charge < -0.3 is 4.74 Å². The fraction of sp³-hybridized carbons (Fsp3) is 0.700. The third-order valence-electron chi connectivity index (χ3n) is 1.86. The molecular weight excluding hydrogens is 152 g/mol. The van der Waals surface area contributed by atoms with Gasteiger partial charge in [-0.25, -0.2) is 0 Å². The number of unbranched alkanes of at least 4 members (excludes halogenated alkanes) is 1. The lowest BCUT2D eigenvalue weighted by molar-refractivity contribution is -0.143. The van der Waals surface area contributed by atoms with Gasteiger partial charge in [-0.1, -0.05) is 11.6 Å². The van der Waals surface area contributed by atoms with Crippen LogP contribution in [0.4, 0.5) is 0 Å². The summed E-state index contributed by atoms with van der Waals surface area (Å²) in [7, 11) is 0. The molecule has 0 radical (unpaired) electrons. The molecule has 1 saturated carbocycles. The van der Waals surface area contributed by atoms with Gasteiger partial charge in [-0.2, -0.15) is 0 Å². The van der Waals surface area contributed by atoms with E-state index in [2.05, 4.69) is 6.08 Å². The summed E-state index contributed by atoms with van der Waals surface area (Å²) in [5.74, 6) is -0.0632. The number of carbonyl (C=O) groups excluding carboxylic acids is 1. The zero-order chi connectivity index (χ0) is 8.81. The lowest BCUT2D eigenvalue weighted by Gasteiger charge is -1.98. The normalized spacial score (nSPS) is 14.2. The second kappa shape index (κ2) is 4.96. The van der Waals surface area contributed by atoms with Gasteiger partial charge >= 0.3 is 5.97 Å². The molecule has 0 saturated heterocycles. The molecular formula is C10H16O2. The van der Waals surface area contributed by atoms with Crippen LogP contribution in [0, 0.1) is 0 Å².